The molecule has 9 heteroatoms. The van der Waals surface area contributed by atoms with E-state index < -0.39 is 11.6 Å². The van der Waals surface area contributed by atoms with E-state index in [1.165, 1.54) is 6.20 Å². The molecule has 3 rings (SSSR count). The summed E-state index contributed by atoms with van der Waals surface area (Å²) in [7, 11) is 1.60. The van der Waals surface area contributed by atoms with Crippen LogP contribution in [0.3, 0.4) is 0 Å². The number of methoxy groups -OCH3 is 1. The lowest BCUT2D eigenvalue weighted by molar-refractivity contribution is -0.0134. The Bertz CT molecular complexity index is 1030. The summed E-state index contributed by atoms with van der Waals surface area (Å²) in [5.41, 5.74) is 1.55. The lowest BCUT2D eigenvalue weighted by Gasteiger charge is -2.34. The van der Waals surface area contributed by atoms with Crippen molar-refractivity contribution in [3.8, 4) is 0 Å². The molecule has 154 valence electrons. The molecule has 0 unspecified atom stereocenters. The predicted molar refractivity (Wildman–Crippen MR) is 111 cm³/mol. The maximum atomic E-state index is 12.9. The Morgan fingerprint density at radius 2 is 1.93 bits per heavy atom. The summed E-state index contributed by atoms with van der Waals surface area (Å²) >= 11 is 6.11. The summed E-state index contributed by atoms with van der Waals surface area (Å²) in [5.74, 6) is 0.269. The van der Waals surface area contributed by atoms with Gasteiger partial charge in [0.1, 0.15) is 23.1 Å². The number of amides is 1. The van der Waals surface area contributed by atoms with Gasteiger partial charge in [-0.3, -0.25) is 9.78 Å². The number of ether oxygens (including phenoxy) is 1. The number of aromatic nitrogens is 5. The first kappa shape index (κ1) is 21.1. The van der Waals surface area contributed by atoms with Crippen molar-refractivity contribution < 1.29 is 9.53 Å². The zero-order chi connectivity index (χ0) is 21.3. The lowest BCUT2D eigenvalue weighted by atomic mass is 9.97. The second kappa shape index (κ2) is 8.04. The molecule has 0 radical (unpaired) electrons. The zero-order valence-electron chi connectivity index (χ0n) is 17.4. The normalized spacial score (nSPS) is 13.1. The van der Waals surface area contributed by atoms with Gasteiger partial charge in [-0.15, -0.1) is 0 Å². The summed E-state index contributed by atoms with van der Waals surface area (Å²) in [6.07, 6.45) is 4.60. The van der Waals surface area contributed by atoms with E-state index in [4.69, 9.17) is 21.3 Å². The van der Waals surface area contributed by atoms with Gasteiger partial charge < -0.3 is 14.6 Å². The van der Waals surface area contributed by atoms with Crippen LogP contribution in [0.4, 0.5) is 0 Å². The van der Waals surface area contributed by atoms with E-state index in [1.54, 1.807) is 25.6 Å². The Hall–Kier alpha value is -2.58. The number of hydrogen-bond acceptors (Lipinski definition) is 6. The van der Waals surface area contributed by atoms with Crippen LogP contribution in [0.5, 0.6) is 0 Å². The molecule has 0 aromatic carbocycles. The Labute approximate surface area is 174 Å². The number of hydrogen-bond donors (Lipinski definition) is 1. The van der Waals surface area contributed by atoms with Crippen LogP contribution in [0.15, 0.2) is 24.7 Å². The van der Waals surface area contributed by atoms with Crippen molar-refractivity contribution in [3.05, 3.63) is 46.9 Å². The number of rotatable bonds is 6. The SMILES string of the molecule is COC(C)(C)[C@H](NC(=O)c1cnc(C)cn1)c1nc2cc(Cl)cnc2n1C(C)C. The van der Waals surface area contributed by atoms with Crippen molar-refractivity contribution in [3.63, 3.8) is 0 Å². The summed E-state index contributed by atoms with van der Waals surface area (Å²) in [6.45, 7) is 9.66. The van der Waals surface area contributed by atoms with E-state index in [-0.39, 0.29) is 17.6 Å². The predicted octanol–water partition coefficient (Wildman–Crippen LogP) is 3.66. The van der Waals surface area contributed by atoms with Crippen molar-refractivity contribution in [2.24, 2.45) is 0 Å². The number of nitrogens with one attached hydrogen (secondary N) is 1. The largest absolute Gasteiger partial charge is 0.376 e. The van der Waals surface area contributed by atoms with Crippen LogP contribution in [-0.4, -0.2) is 43.1 Å². The third-order valence-electron chi connectivity index (χ3n) is 4.81. The molecule has 29 heavy (non-hydrogen) atoms. The molecule has 0 saturated carbocycles. The average Bonchev–Trinajstić information content (AvgIpc) is 3.04. The van der Waals surface area contributed by atoms with Gasteiger partial charge in [-0.2, -0.15) is 0 Å². The monoisotopic (exact) mass is 416 g/mol. The van der Waals surface area contributed by atoms with E-state index in [2.05, 4.69) is 20.3 Å². The van der Waals surface area contributed by atoms with Gasteiger partial charge in [-0.25, -0.2) is 15.0 Å². The van der Waals surface area contributed by atoms with Crippen molar-refractivity contribution in [1.29, 1.82) is 0 Å². The zero-order valence-corrected chi connectivity index (χ0v) is 18.2. The van der Waals surface area contributed by atoms with E-state index in [1.807, 2.05) is 39.2 Å². The fourth-order valence-electron chi connectivity index (χ4n) is 3.07. The summed E-state index contributed by atoms with van der Waals surface area (Å²) in [5, 5.41) is 3.52. The van der Waals surface area contributed by atoms with Crippen LogP contribution in [0.2, 0.25) is 5.02 Å². The highest BCUT2D eigenvalue weighted by molar-refractivity contribution is 6.31. The van der Waals surface area contributed by atoms with Crippen LogP contribution in [0, 0.1) is 6.92 Å². The Morgan fingerprint density at radius 1 is 1.21 bits per heavy atom. The van der Waals surface area contributed by atoms with Gasteiger partial charge in [-0.05, 0) is 40.7 Å². The van der Waals surface area contributed by atoms with Crippen LogP contribution in [-0.2, 0) is 4.74 Å². The molecule has 1 N–H and O–H groups in total. The van der Waals surface area contributed by atoms with Gasteiger partial charge in [0.2, 0.25) is 0 Å². The molecule has 3 aromatic rings. The molecule has 0 aliphatic carbocycles. The molecule has 1 atom stereocenters. The van der Waals surface area contributed by atoms with Crippen molar-refractivity contribution in [1.82, 2.24) is 29.8 Å². The van der Waals surface area contributed by atoms with E-state index in [9.17, 15) is 4.79 Å². The quantitative estimate of drug-likeness (QED) is 0.658. The first-order valence-corrected chi connectivity index (χ1v) is 9.70. The number of fused-ring (bicyclic) bond motifs is 1. The molecule has 3 aromatic heterocycles. The third-order valence-corrected chi connectivity index (χ3v) is 5.02. The standard InChI is InChI=1S/C20H25ClN6O2/c1-11(2)27-17-14(7-13(21)9-24-17)25-18(27)16(20(4,5)29-6)26-19(28)15-10-22-12(3)8-23-15/h7-11,16H,1-6H3,(H,26,28)/t16-/m1/s1. The van der Waals surface area contributed by atoms with Gasteiger partial charge in [0.05, 0.1) is 22.5 Å². The Balaban J connectivity index is 2.11. The number of pyridine rings is 1. The molecule has 8 nitrogen and oxygen atoms in total. The minimum absolute atomic E-state index is 0.0508. The third kappa shape index (κ3) is 4.23. The molecule has 0 bridgehead atoms. The number of halogens is 1. The Kier molecular flexibility index (Phi) is 5.86. The summed E-state index contributed by atoms with van der Waals surface area (Å²) < 4.78 is 7.70. The van der Waals surface area contributed by atoms with Crippen LogP contribution < -0.4 is 5.32 Å². The average molecular weight is 417 g/mol. The number of carbonyl (C=O) groups excluding carboxylic acids is 1. The topological polar surface area (TPSA) is 94.8 Å². The Morgan fingerprint density at radius 3 is 2.52 bits per heavy atom. The molecule has 0 spiro atoms. The minimum Gasteiger partial charge on any atom is -0.376 e. The highest BCUT2D eigenvalue weighted by atomic mass is 35.5. The first-order chi connectivity index (χ1) is 13.6. The summed E-state index contributed by atoms with van der Waals surface area (Å²) in [6, 6.07) is 1.24. The van der Waals surface area contributed by atoms with Gasteiger partial charge in [0.25, 0.3) is 5.91 Å². The lowest BCUT2D eigenvalue weighted by Crippen LogP contribution is -2.45. The van der Waals surface area contributed by atoms with Crippen LogP contribution in [0.25, 0.3) is 11.2 Å². The molecule has 3 heterocycles. The summed E-state index contributed by atoms with van der Waals surface area (Å²) in [4.78, 5) is 30.4. The molecule has 0 aliphatic heterocycles. The smallest absolute Gasteiger partial charge is 0.272 e. The number of imidazole rings is 1. The molecule has 0 fully saturated rings. The van der Waals surface area contributed by atoms with Crippen LogP contribution >= 0.6 is 11.6 Å². The molecule has 1 amide bonds. The first-order valence-electron chi connectivity index (χ1n) is 9.32. The second-order valence-corrected chi connectivity index (χ2v) is 8.12. The van der Waals surface area contributed by atoms with Crippen molar-refractivity contribution >= 4 is 28.7 Å². The van der Waals surface area contributed by atoms with E-state index in [0.29, 0.717) is 22.0 Å². The van der Waals surface area contributed by atoms with Gasteiger partial charge in [0, 0.05) is 25.5 Å². The maximum Gasteiger partial charge on any atom is 0.272 e. The fourth-order valence-corrected chi connectivity index (χ4v) is 3.22. The van der Waals surface area contributed by atoms with E-state index >= 15 is 0 Å². The number of carbonyl (C=O) groups is 1. The van der Waals surface area contributed by atoms with Gasteiger partial charge in [-0.1, -0.05) is 11.6 Å². The molecule has 0 aliphatic rings. The molecule has 0 saturated heterocycles. The highest BCUT2D eigenvalue weighted by Gasteiger charge is 2.37. The van der Waals surface area contributed by atoms with Crippen LogP contribution in [0.1, 0.15) is 61.8 Å². The number of nitrogens with zero attached hydrogens (tertiary/aromatic N) is 5. The second-order valence-electron chi connectivity index (χ2n) is 7.69. The van der Waals surface area contributed by atoms with Gasteiger partial charge >= 0.3 is 0 Å². The fraction of sp³-hybridized carbons (Fsp3) is 0.450. The van der Waals surface area contributed by atoms with Gasteiger partial charge in [0.15, 0.2) is 5.65 Å². The van der Waals surface area contributed by atoms with Crippen molar-refractivity contribution in [2.75, 3.05) is 7.11 Å². The molecular weight excluding hydrogens is 392 g/mol. The van der Waals surface area contributed by atoms with E-state index in [0.717, 1.165) is 5.69 Å². The minimum atomic E-state index is -0.758. The highest BCUT2D eigenvalue weighted by Crippen LogP contribution is 2.32. The number of aryl methyl sites for hydroxylation is 1. The molecular formula is C20H25ClN6O2. The maximum absolute atomic E-state index is 12.9. The van der Waals surface area contributed by atoms with Crippen molar-refractivity contribution in [2.45, 2.75) is 52.3 Å².